The average Bonchev–Trinajstić information content (AvgIpc) is 2.63. The van der Waals surface area contributed by atoms with E-state index in [1.54, 1.807) is 0 Å². The molecule has 104 valence electrons. The molecule has 18 heavy (non-hydrogen) atoms. The summed E-state index contributed by atoms with van der Waals surface area (Å²) in [6.07, 6.45) is 7.08. The first-order valence-corrected chi connectivity index (χ1v) is 7.06. The van der Waals surface area contributed by atoms with Crippen LogP contribution < -0.4 is 10.6 Å². The Morgan fingerprint density at radius 2 is 1.89 bits per heavy atom. The maximum atomic E-state index is 11.7. The SMILES string of the molecule is O=C(NCC1CCCCCC1)N[C@H]1COC[C@@H]1O. The second kappa shape index (κ2) is 6.95. The molecular formula is C13H24N2O3. The number of rotatable bonds is 3. The molecule has 1 saturated carbocycles. The number of amides is 2. The third-order valence-corrected chi connectivity index (χ3v) is 3.89. The summed E-state index contributed by atoms with van der Waals surface area (Å²) in [5, 5.41) is 15.2. The van der Waals surface area contributed by atoms with Crippen LogP contribution in [0.15, 0.2) is 0 Å². The summed E-state index contributed by atoms with van der Waals surface area (Å²) in [5.74, 6) is 0.614. The van der Waals surface area contributed by atoms with E-state index in [1.165, 1.54) is 38.5 Å². The zero-order valence-corrected chi connectivity index (χ0v) is 10.9. The molecule has 0 unspecified atom stereocenters. The number of aliphatic hydroxyl groups is 1. The van der Waals surface area contributed by atoms with Gasteiger partial charge in [-0.3, -0.25) is 0 Å². The molecule has 5 nitrogen and oxygen atoms in total. The van der Waals surface area contributed by atoms with Crippen molar-refractivity contribution in [1.29, 1.82) is 0 Å². The number of carbonyl (C=O) groups excluding carboxylic acids is 1. The highest BCUT2D eigenvalue weighted by atomic mass is 16.5. The van der Waals surface area contributed by atoms with Crippen molar-refractivity contribution in [1.82, 2.24) is 10.6 Å². The van der Waals surface area contributed by atoms with Crippen molar-refractivity contribution in [3.63, 3.8) is 0 Å². The topological polar surface area (TPSA) is 70.6 Å². The van der Waals surface area contributed by atoms with Crippen LogP contribution in [0.4, 0.5) is 4.79 Å². The zero-order valence-electron chi connectivity index (χ0n) is 10.9. The van der Waals surface area contributed by atoms with Crippen molar-refractivity contribution >= 4 is 6.03 Å². The number of carbonyl (C=O) groups is 1. The van der Waals surface area contributed by atoms with E-state index in [2.05, 4.69) is 10.6 Å². The molecule has 2 atom stereocenters. The monoisotopic (exact) mass is 256 g/mol. The molecule has 0 spiro atoms. The average molecular weight is 256 g/mol. The summed E-state index contributed by atoms with van der Waals surface area (Å²) >= 11 is 0. The lowest BCUT2D eigenvalue weighted by atomic mass is 10.0. The number of hydrogen-bond acceptors (Lipinski definition) is 3. The predicted octanol–water partition coefficient (Wildman–Crippen LogP) is 1.02. The van der Waals surface area contributed by atoms with E-state index >= 15 is 0 Å². The maximum absolute atomic E-state index is 11.7. The van der Waals surface area contributed by atoms with Gasteiger partial charge in [0.25, 0.3) is 0 Å². The van der Waals surface area contributed by atoms with Crippen LogP contribution in [-0.4, -0.2) is 43.0 Å². The van der Waals surface area contributed by atoms with Crippen LogP contribution in [0.1, 0.15) is 38.5 Å². The first-order valence-electron chi connectivity index (χ1n) is 7.06. The Hall–Kier alpha value is -0.810. The fourth-order valence-electron chi connectivity index (χ4n) is 2.71. The minimum Gasteiger partial charge on any atom is -0.388 e. The lowest BCUT2D eigenvalue weighted by molar-refractivity contribution is 0.122. The van der Waals surface area contributed by atoms with Crippen LogP contribution in [-0.2, 0) is 4.74 Å². The normalized spacial score (nSPS) is 29.8. The fraction of sp³-hybridized carbons (Fsp3) is 0.923. The van der Waals surface area contributed by atoms with Crippen LogP contribution in [0.25, 0.3) is 0 Å². The maximum Gasteiger partial charge on any atom is 0.315 e. The number of urea groups is 1. The molecule has 5 heteroatoms. The Balaban J connectivity index is 1.64. The summed E-state index contributed by atoms with van der Waals surface area (Å²) in [7, 11) is 0. The van der Waals surface area contributed by atoms with Crippen LogP contribution in [0, 0.1) is 5.92 Å². The van der Waals surface area contributed by atoms with Gasteiger partial charge >= 0.3 is 6.03 Å². The number of hydrogen-bond donors (Lipinski definition) is 3. The van der Waals surface area contributed by atoms with Gasteiger partial charge in [-0.1, -0.05) is 25.7 Å². The molecule has 1 saturated heterocycles. The molecular weight excluding hydrogens is 232 g/mol. The highest BCUT2D eigenvalue weighted by Crippen LogP contribution is 2.21. The van der Waals surface area contributed by atoms with Crippen LogP contribution >= 0.6 is 0 Å². The van der Waals surface area contributed by atoms with Gasteiger partial charge in [0.15, 0.2) is 0 Å². The fourth-order valence-corrected chi connectivity index (χ4v) is 2.71. The van der Waals surface area contributed by atoms with Gasteiger partial charge in [0.05, 0.1) is 25.4 Å². The molecule has 2 fully saturated rings. The minimum atomic E-state index is -0.575. The van der Waals surface area contributed by atoms with Crippen LogP contribution in [0.2, 0.25) is 0 Å². The van der Waals surface area contributed by atoms with Crippen LogP contribution in [0.3, 0.4) is 0 Å². The van der Waals surface area contributed by atoms with Crippen molar-refractivity contribution < 1.29 is 14.6 Å². The second-order valence-corrected chi connectivity index (χ2v) is 5.42. The van der Waals surface area contributed by atoms with E-state index in [1.807, 2.05) is 0 Å². The van der Waals surface area contributed by atoms with Gasteiger partial charge in [-0.05, 0) is 18.8 Å². The Labute approximate surface area is 108 Å². The summed E-state index contributed by atoms with van der Waals surface area (Å²) in [4.78, 5) is 11.7. The van der Waals surface area contributed by atoms with E-state index in [9.17, 15) is 9.90 Å². The molecule has 2 aliphatic rings. The van der Waals surface area contributed by atoms with E-state index in [0.717, 1.165) is 6.54 Å². The van der Waals surface area contributed by atoms with E-state index in [-0.39, 0.29) is 12.1 Å². The van der Waals surface area contributed by atoms with E-state index < -0.39 is 6.10 Å². The second-order valence-electron chi connectivity index (χ2n) is 5.42. The Bertz CT molecular complexity index is 265. The highest BCUT2D eigenvalue weighted by Gasteiger charge is 2.27. The molecule has 3 N–H and O–H groups in total. The lowest BCUT2D eigenvalue weighted by Crippen LogP contribution is -2.48. The van der Waals surface area contributed by atoms with Gasteiger partial charge in [-0.15, -0.1) is 0 Å². The first kappa shape index (κ1) is 13.6. The molecule has 0 aromatic heterocycles. The van der Waals surface area contributed by atoms with Crippen molar-refractivity contribution in [3.05, 3.63) is 0 Å². The molecule has 0 bridgehead atoms. The molecule has 2 amide bonds. The Morgan fingerprint density at radius 3 is 2.50 bits per heavy atom. The standard InChI is InChI=1S/C13H24N2O3/c16-12-9-18-8-11(12)15-13(17)14-7-10-5-3-1-2-4-6-10/h10-12,16H,1-9H2,(H2,14,15,17)/t11-,12-/m0/s1. The van der Waals surface area contributed by atoms with Gasteiger partial charge in [-0.25, -0.2) is 4.79 Å². The summed E-state index contributed by atoms with van der Waals surface area (Å²) in [5.41, 5.74) is 0. The predicted molar refractivity (Wildman–Crippen MR) is 68.3 cm³/mol. The van der Waals surface area contributed by atoms with Gasteiger partial charge in [0, 0.05) is 6.54 Å². The number of nitrogens with one attached hydrogen (secondary N) is 2. The van der Waals surface area contributed by atoms with Gasteiger partial charge in [0.2, 0.25) is 0 Å². The summed E-state index contributed by atoms with van der Waals surface area (Å²) < 4.78 is 5.09. The molecule has 1 aliphatic heterocycles. The molecule has 0 aromatic rings. The van der Waals surface area contributed by atoms with E-state index in [4.69, 9.17) is 4.74 Å². The molecule has 0 radical (unpaired) electrons. The zero-order chi connectivity index (χ0) is 12.8. The summed E-state index contributed by atoms with van der Waals surface area (Å²) in [6.45, 7) is 1.46. The Kier molecular flexibility index (Phi) is 5.26. The minimum absolute atomic E-state index is 0.186. The van der Waals surface area contributed by atoms with Gasteiger partial charge in [0.1, 0.15) is 0 Å². The quantitative estimate of drug-likeness (QED) is 0.660. The Morgan fingerprint density at radius 1 is 1.17 bits per heavy atom. The summed E-state index contributed by atoms with van der Waals surface area (Å²) in [6, 6.07) is -0.451. The molecule has 2 rings (SSSR count). The van der Waals surface area contributed by atoms with Crippen molar-refractivity contribution in [2.75, 3.05) is 19.8 Å². The lowest BCUT2D eigenvalue weighted by Gasteiger charge is -2.18. The first-order chi connectivity index (χ1) is 8.75. The van der Waals surface area contributed by atoms with Crippen LogP contribution in [0.5, 0.6) is 0 Å². The smallest absolute Gasteiger partial charge is 0.315 e. The third-order valence-electron chi connectivity index (χ3n) is 3.89. The molecule has 1 aliphatic carbocycles. The van der Waals surface area contributed by atoms with Crippen molar-refractivity contribution in [3.8, 4) is 0 Å². The van der Waals surface area contributed by atoms with E-state index in [0.29, 0.717) is 19.1 Å². The van der Waals surface area contributed by atoms with Gasteiger partial charge in [-0.2, -0.15) is 0 Å². The molecule has 1 heterocycles. The third kappa shape index (κ3) is 4.14. The largest absolute Gasteiger partial charge is 0.388 e. The highest BCUT2D eigenvalue weighted by molar-refractivity contribution is 5.74. The van der Waals surface area contributed by atoms with Crippen molar-refractivity contribution in [2.45, 2.75) is 50.7 Å². The van der Waals surface area contributed by atoms with Gasteiger partial charge < -0.3 is 20.5 Å². The number of ether oxygens (including phenoxy) is 1. The number of aliphatic hydroxyl groups excluding tert-OH is 1. The van der Waals surface area contributed by atoms with Crippen molar-refractivity contribution in [2.24, 2.45) is 5.92 Å². The molecule has 0 aromatic carbocycles.